The van der Waals surface area contributed by atoms with Crippen molar-refractivity contribution in [3.8, 4) is 5.75 Å². The molecule has 6 nitrogen and oxygen atoms in total. The van der Waals surface area contributed by atoms with E-state index in [9.17, 15) is 14.0 Å². The fourth-order valence-electron chi connectivity index (χ4n) is 3.26. The first-order valence-corrected chi connectivity index (χ1v) is 9.72. The van der Waals surface area contributed by atoms with Crippen LogP contribution < -0.4 is 10.1 Å². The van der Waals surface area contributed by atoms with Gasteiger partial charge < -0.3 is 19.9 Å². The lowest BCUT2D eigenvalue weighted by Gasteiger charge is -2.35. The van der Waals surface area contributed by atoms with Crippen molar-refractivity contribution in [1.82, 2.24) is 15.1 Å². The molecule has 3 rings (SSSR count). The first kappa shape index (κ1) is 20.9. The zero-order chi connectivity index (χ0) is 20.8. The van der Waals surface area contributed by atoms with Gasteiger partial charge in [-0.2, -0.15) is 0 Å². The van der Waals surface area contributed by atoms with Crippen LogP contribution in [0.25, 0.3) is 0 Å². The maximum Gasteiger partial charge on any atom is 0.320 e. The van der Waals surface area contributed by atoms with Gasteiger partial charge in [0.15, 0.2) is 0 Å². The molecule has 0 unspecified atom stereocenters. The molecule has 0 bridgehead atoms. The molecule has 0 aromatic heterocycles. The number of carbonyl (C=O) groups excluding carboxylic acids is 2. The fourth-order valence-corrected chi connectivity index (χ4v) is 3.49. The summed E-state index contributed by atoms with van der Waals surface area (Å²) in [5.74, 6) is 0.0344. The Kier molecular flexibility index (Phi) is 6.93. The number of hydrogen-bond donors (Lipinski definition) is 1. The Labute approximate surface area is 174 Å². The minimum absolute atomic E-state index is 0.0262. The molecule has 1 fully saturated rings. The second-order valence-corrected chi connectivity index (χ2v) is 7.21. The molecule has 8 heteroatoms. The molecule has 0 spiro atoms. The van der Waals surface area contributed by atoms with E-state index in [2.05, 4.69) is 5.32 Å². The van der Waals surface area contributed by atoms with E-state index in [1.165, 1.54) is 17.0 Å². The van der Waals surface area contributed by atoms with E-state index in [-0.39, 0.29) is 30.1 Å². The topological polar surface area (TPSA) is 61.9 Å². The molecule has 1 aliphatic rings. The molecule has 2 aromatic carbocycles. The average molecular weight is 420 g/mol. The van der Waals surface area contributed by atoms with Crippen LogP contribution in [0.3, 0.4) is 0 Å². The summed E-state index contributed by atoms with van der Waals surface area (Å²) in [6, 6.07) is 11.3. The first-order valence-electron chi connectivity index (χ1n) is 9.34. The number of nitrogens with one attached hydrogen (secondary N) is 1. The Hall–Kier alpha value is -2.80. The lowest BCUT2D eigenvalue weighted by atomic mass is 10.2. The van der Waals surface area contributed by atoms with Crippen LogP contribution >= 0.6 is 11.6 Å². The average Bonchev–Trinajstić information content (AvgIpc) is 2.71. The highest BCUT2D eigenvalue weighted by molar-refractivity contribution is 6.31. The molecule has 1 saturated heterocycles. The number of halogens is 2. The van der Waals surface area contributed by atoms with E-state index < -0.39 is 5.82 Å². The zero-order valence-electron chi connectivity index (χ0n) is 16.2. The van der Waals surface area contributed by atoms with Gasteiger partial charge in [-0.1, -0.05) is 35.9 Å². The maximum absolute atomic E-state index is 13.2. The van der Waals surface area contributed by atoms with Gasteiger partial charge in [-0.3, -0.25) is 4.79 Å². The fraction of sp³-hybridized carbons (Fsp3) is 0.333. The molecular weight excluding hydrogens is 397 g/mol. The molecule has 0 aliphatic carbocycles. The van der Waals surface area contributed by atoms with Crippen LogP contribution in [-0.2, 0) is 17.9 Å². The summed E-state index contributed by atoms with van der Waals surface area (Å²) in [6.07, 6.45) is 0.740. The monoisotopic (exact) mass is 419 g/mol. The molecule has 3 amide bonds. The minimum Gasteiger partial charge on any atom is -0.496 e. The van der Waals surface area contributed by atoms with Gasteiger partial charge in [-0.15, -0.1) is 0 Å². The van der Waals surface area contributed by atoms with Crippen molar-refractivity contribution in [2.24, 2.45) is 0 Å². The summed E-state index contributed by atoms with van der Waals surface area (Å²) in [5.41, 5.74) is 1.53. The minimum atomic E-state index is -0.419. The van der Waals surface area contributed by atoms with Crippen LogP contribution in [0.2, 0.25) is 5.02 Å². The van der Waals surface area contributed by atoms with Gasteiger partial charge in [0.2, 0.25) is 5.91 Å². The molecule has 2 aromatic rings. The van der Waals surface area contributed by atoms with E-state index in [1.54, 1.807) is 18.1 Å². The van der Waals surface area contributed by atoms with Gasteiger partial charge >= 0.3 is 6.03 Å². The summed E-state index contributed by atoms with van der Waals surface area (Å²) in [5, 5.41) is 3.11. The third-order valence-corrected chi connectivity index (χ3v) is 5.13. The second kappa shape index (κ2) is 9.60. The van der Waals surface area contributed by atoms with Crippen LogP contribution in [-0.4, -0.2) is 48.5 Å². The van der Waals surface area contributed by atoms with Crippen molar-refractivity contribution in [2.75, 3.05) is 26.7 Å². The number of urea groups is 1. The molecule has 0 atom stereocenters. The Morgan fingerprint density at radius 2 is 1.93 bits per heavy atom. The predicted octanol–water partition coefficient (Wildman–Crippen LogP) is 3.43. The highest BCUT2D eigenvalue weighted by Gasteiger charge is 2.27. The Morgan fingerprint density at radius 3 is 2.69 bits per heavy atom. The summed E-state index contributed by atoms with van der Waals surface area (Å²) < 4.78 is 18.5. The number of ether oxygens (including phenoxy) is 1. The molecule has 1 aliphatic heterocycles. The third-order valence-electron chi connectivity index (χ3n) is 4.78. The smallest absolute Gasteiger partial charge is 0.320 e. The number of benzene rings is 2. The van der Waals surface area contributed by atoms with Gasteiger partial charge in [0.25, 0.3) is 0 Å². The standard InChI is InChI=1S/C21H23ClFN3O3/c1-29-19-6-3-2-5-15(19)12-24-20(27)14-26-10-4-9-25(21(26)28)13-16-7-8-17(23)11-18(16)22/h2-3,5-8,11H,4,9-10,12-14H2,1H3,(H,24,27). The van der Waals surface area contributed by atoms with E-state index in [1.807, 2.05) is 24.3 Å². The van der Waals surface area contributed by atoms with Crippen molar-refractivity contribution in [3.05, 3.63) is 64.4 Å². The van der Waals surface area contributed by atoms with Crippen LogP contribution in [0.4, 0.5) is 9.18 Å². The highest BCUT2D eigenvalue weighted by atomic mass is 35.5. The second-order valence-electron chi connectivity index (χ2n) is 6.80. The number of hydrogen-bond acceptors (Lipinski definition) is 3. The molecule has 1 N–H and O–H groups in total. The molecule has 0 radical (unpaired) electrons. The maximum atomic E-state index is 13.2. The predicted molar refractivity (Wildman–Crippen MR) is 108 cm³/mol. The van der Waals surface area contributed by atoms with E-state index >= 15 is 0 Å². The van der Waals surface area contributed by atoms with Gasteiger partial charge in [0, 0.05) is 36.8 Å². The van der Waals surface area contributed by atoms with Crippen LogP contribution in [0.5, 0.6) is 5.75 Å². The molecule has 0 saturated carbocycles. The summed E-state index contributed by atoms with van der Waals surface area (Å²) in [6.45, 7) is 1.64. The summed E-state index contributed by atoms with van der Waals surface area (Å²) >= 11 is 6.08. The Balaban J connectivity index is 1.56. The van der Waals surface area contributed by atoms with Crippen molar-refractivity contribution >= 4 is 23.5 Å². The normalized spacial score (nSPS) is 14.1. The largest absolute Gasteiger partial charge is 0.496 e. The van der Waals surface area contributed by atoms with E-state index in [0.29, 0.717) is 30.9 Å². The lowest BCUT2D eigenvalue weighted by molar-refractivity contribution is -0.122. The number of methoxy groups -OCH3 is 1. The first-order chi connectivity index (χ1) is 14.0. The van der Waals surface area contributed by atoms with E-state index in [0.717, 1.165) is 12.0 Å². The van der Waals surface area contributed by atoms with Crippen LogP contribution in [0, 0.1) is 5.82 Å². The van der Waals surface area contributed by atoms with Gasteiger partial charge in [-0.25, -0.2) is 9.18 Å². The van der Waals surface area contributed by atoms with Crippen molar-refractivity contribution in [1.29, 1.82) is 0 Å². The molecule has 154 valence electrons. The Bertz CT molecular complexity index is 893. The molecule has 29 heavy (non-hydrogen) atoms. The number of carbonyl (C=O) groups is 2. The van der Waals surface area contributed by atoms with Crippen molar-refractivity contribution in [2.45, 2.75) is 19.5 Å². The van der Waals surface area contributed by atoms with Gasteiger partial charge in [-0.05, 0) is 30.2 Å². The van der Waals surface area contributed by atoms with Gasteiger partial charge in [0.05, 0.1) is 7.11 Å². The van der Waals surface area contributed by atoms with Crippen molar-refractivity contribution in [3.63, 3.8) is 0 Å². The number of rotatable bonds is 7. The summed E-state index contributed by atoms with van der Waals surface area (Å²) in [7, 11) is 1.58. The number of para-hydroxylation sites is 1. The number of nitrogens with zero attached hydrogens (tertiary/aromatic N) is 2. The third kappa shape index (κ3) is 5.38. The number of amides is 3. The molecular formula is C21H23ClFN3O3. The van der Waals surface area contributed by atoms with E-state index in [4.69, 9.17) is 16.3 Å². The van der Waals surface area contributed by atoms with Crippen LogP contribution in [0.1, 0.15) is 17.5 Å². The SMILES string of the molecule is COc1ccccc1CNC(=O)CN1CCCN(Cc2ccc(F)cc2Cl)C1=O. The highest BCUT2D eigenvalue weighted by Crippen LogP contribution is 2.21. The van der Waals surface area contributed by atoms with Gasteiger partial charge in [0.1, 0.15) is 18.1 Å². The molecule has 1 heterocycles. The Morgan fingerprint density at radius 1 is 1.17 bits per heavy atom. The lowest BCUT2D eigenvalue weighted by Crippen LogP contribution is -2.51. The zero-order valence-corrected chi connectivity index (χ0v) is 16.9. The van der Waals surface area contributed by atoms with Crippen molar-refractivity contribution < 1.29 is 18.7 Å². The quantitative estimate of drug-likeness (QED) is 0.747. The summed E-state index contributed by atoms with van der Waals surface area (Å²) in [4.78, 5) is 28.2. The van der Waals surface area contributed by atoms with Crippen LogP contribution in [0.15, 0.2) is 42.5 Å².